The van der Waals surface area contributed by atoms with Crippen molar-refractivity contribution >= 4 is 15.9 Å². The predicted octanol–water partition coefficient (Wildman–Crippen LogP) is 2.75. The molecule has 0 aromatic heterocycles. The fraction of sp³-hybridized carbons (Fsp3) is 0.455. The topological polar surface area (TPSA) is 32.3 Å². The van der Waals surface area contributed by atoms with Crippen molar-refractivity contribution in [2.24, 2.45) is 0 Å². The van der Waals surface area contributed by atoms with Gasteiger partial charge in [0.2, 0.25) is 0 Å². The van der Waals surface area contributed by atoms with Gasteiger partial charge < -0.3 is 10.4 Å². The van der Waals surface area contributed by atoms with Gasteiger partial charge in [-0.05, 0) is 50.1 Å². The van der Waals surface area contributed by atoms with Gasteiger partial charge in [0.05, 0.1) is 0 Å². The van der Waals surface area contributed by atoms with E-state index >= 15 is 0 Å². The highest BCUT2D eigenvalue weighted by atomic mass is 79.9. The van der Waals surface area contributed by atoms with E-state index in [-0.39, 0.29) is 5.54 Å². The fourth-order valence-electron chi connectivity index (χ4n) is 2.06. The molecule has 1 unspecified atom stereocenters. The molecule has 2 rings (SSSR count). The summed E-state index contributed by atoms with van der Waals surface area (Å²) in [6, 6.07) is 5.43. The third-order valence-electron chi connectivity index (χ3n) is 2.91. The quantitative estimate of drug-likeness (QED) is 0.809. The van der Waals surface area contributed by atoms with Gasteiger partial charge in [-0.2, -0.15) is 0 Å². The number of hydrogen-bond donors (Lipinski definition) is 2. The molecule has 0 radical (unpaired) electrons. The minimum Gasteiger partial charge on any atom is -0.508 e. The summed E-state index contributed by atoms with van der Waals surface area (Å²) in [4.78, 5) is 0. The van der Waals surface area contributed by atoms with Gasteiger partial charge in [-0.25, -0.2) is 0 Å². The minimum atomic E-state index is 0.0115. The molecule has 1 saturated heterocycles. The van der Waals surface area contributed by atoms with Crippen LogP contribution < -0.4 is 5.32 Å². The van der Waals surface area contributed by atoms with E-state index in [0.717, 1.165) is 23.0 Å². The molecular weight excluding hydrogens is 242 g/mol. The summed E-state index contributed by atoms with van der Waals surface area (Å²) in [5.41, 5.74) is 1.16. The number of halogens is 1. The normalized spacial score (nSPS) is 26.7. The SMILES string of the molecule is CC1(c2cc(O)ccc2Br)CCCN1. The van der Waals surface area contributed by atoms with Crippen molar-refractivity contribution < 1.29 is 5.11 Å². The zero-order chi connectivity index (χ0) is 10.2. The van der Waals surface area contributed by atoms with Crippen LogP contribution in [0.15, 0.2) is 22.7 Å². The first kappa shape index (κ1) is 9.99. The van der Waals surface area contributed by atoms with Crippen LogP contribution in [0.4, 0.5) is 0 Å². The molecule has 1 atom stereocenters. The van der Waals surface area contributed by atoms with Crippen molar-refractivity contribution in [1.29, 1.82) is 0 Å². The molecule has 76 valence electrons. The monoisotopic (exact) mass is 255 g/mol. The number of phenols is 1. The van der Waals surface area contributed by atoms with Crippen LogP contribution in [-0.2, 0) is 5.54 Å². The lowest BCUT2D eigenvalue weighted by atomic mass is 9.90. The number of aromatic hydroxyl groups is 1. The van der Waals surface area contributed by atoms with E-state index in [1.54, 1.807) is 6.07 Å². The van der Waals surface area contributed by atoms with Crippen molar-refractivity contribution in [2.45, 2.75) is 25.3 Å². The van der Waals surface area contributed by atoms with Crippen LogP contribution in [0, 0.1) is 0 Å². The fourth-order valence-corrected chi connectivity index (χ4v) is 2.74. The Kier molecular flexibility index (Phi) is 2.54. The van der Waals surface area contributed by atoms with E-state index < -0.39 is 0 Å². The average molecular weight is 256 g/mol. The van der Waals surface area contributed by atoms with Gasteiger partial charge in [0.25, 0.3) is 0 Å². The number of rotatable bonds is 1. The smallest absolute Gasteiger partial charge is 0.116 e. The molecule has 1 aliphatic heterocycles. The van der Waals surface area contributed by atoms with E-state index in [1.165, 1.54) is 6.42 Å². The van der Waals surface area contributed by atoms with Gasteiger partial charge >= 0.3 is 0 Å². The van der Waals surface area contributed by atoms with E-state index in [0.29, 0.717) is 5.75 Å². The highest BCUT2D eigenvalue weighted by Gasteiger charge is 2.31. The lowest BCUT2D eigenvalue weighted by Gasteiger charge is -2.26. The Balaban J connectivity index is 2.44. The first-order valence-corrected chi connectivity index (χ1v) is 5.65. The number of nitrogens with one attached hydrogen (secondary N) is 1. The van der Waals surface area contributed by atoms with Gasteiger partial charge in [-0.15, -0.1) is 0 Å². The zero-order valence-corrected chi connectivity index (χ0v) is 9.76. The third kappa shape index (κ3) is 1.66. The van der Waals surface area contributed by atoms with Crippen molar-refractivity contribution in [3.05, 3.63) is 28.2 Å². The zero-order valence-electron chi connectivity index (χ0n) is 8.18. The molecule has 0 spiro atoms. The Hall–Kier alpha value is -0.540. The molecule has 1 aromatic rings. The molecule has 0 aliphatic carbocycles. The first-order chi connectivity index (χ1) is 6.62. The molecule has 1 aromatic carbocycles. The lowest BCUT2D eigenvalue weighted by molar-refractivity contribution is 0.424. The van der Waals surface area contributed by atoms with Gasteiger partial charge in [-0.3, -0.25) is 0 Å². The maximum absolute atomic E-state index is 9.46. The maximum atomic E-state index is 9.46. The number of benzene rings is 1. The van der Waals surface area contributed by atoms with Crippen molar-refractivity contribution in [3.63, 3.8) is 0 Å². The Morgan fingerprint density at radius 2 is 2.29 bits per heavy atom. The molecular formula is C11H14BrNO. The van der Waals surface area contributed by atoms with Gasteiger partial charge in [0.15, 0.2) is 0 Å². The number of hydrogen-bond acceptors (Lipinski definition) is 2. The Morgan fingerprint density at radius 3 is 2.93 bits per heavy atom. The van der Waals surface area contributed by atoms with Crippen LogP contribution >= 0.6 is 15.9 Å². The summed E-state index contributed by atoms with van der Waals surface area (Å²) in [7, 11) is 0. The van der Waals surface area contributed by atoms with Crippen LogP contribution in [0.2, 0.25) is 0 Å². The van der Waals surface area contributed by atoms with Crippen LogP contribution in [0.25, 0.3) is 0 Å². The molecule has 1 aliphatic rings. The second-order valence-electron chi connectivity index (χ2n) is 4.03. The Morgan fingerprint density at radius 1 is 1.50 bits per heavy atom. The maximum Gasteiger partial charge on any atom is 0.116 e. The van der Waals surface area contributed by atoms with Crippen molar-refractivity contribution in [1.82, 2.24) is 5.32 Å². The second kappa shape index (κ2) is 3.55. The van der Waals surface area contributed by atoms with Gasteiger partial charge in [0, 0.05) is 10.0 Å². The van der Waals surface area contributed by atoms with Gasteiger partial charge in [0.1, 0.15) is 5.75 Å². The van der Waals surface area contributed by atoms with E-state index in [9.17, 15) is 5.11 Å². The molecule has 2 N–H and O–H groups in total. The summed E-state index contributed by atoms with van der Waals surface area (Å²) in [5, 5.41) is 12.9. The van der Waals surface area contributed by atoms with Gasteiger partial charge in [-0.1, -0.05) is 15.9 Å². The van der Waals surface area contributed by atoms with E-state index in [1.807, 2.05) is 12.1 Å². The van der Waals surface area contributed by atoms with E-state index in [2.05, 4.69) is 28.2 Å². The average Bonchev–Trinajstić information content (AvgIpc) is 2.58. The molecule has 3 heteroatoms. The van der Waals surface area contributed by atoms with Crippen LogP contribution in [-0.4, -0.2) is 11.7 Å². The Bertz CT molecular complexity index is 345. The van der Waals surface area contributed by atoms with Crippen LogP contribution in [0.3, 0.4) is 0 Å². The molecule has 0 bridgehead atoms. The summed E-state index contributed by atoms with van der Waals surface area (Å²) in [5.74, 6) is 0.332. The first-order valence-electron chi connectivity index (χ1n) is 4.86. The Labute approximate surface area is 92.5 Å². The molecule has 2 nitrogen and oxygen atoms in total. The summed E-state index contributed by atoms with van der Waals surface area (Å²) in [6.07, 6.45) is 2.31. The standard InChI is InChI=1S/C11H14BrNO/c1-11(5-2-6-13-11)9-7-8(14)3-4-10(9)12/h3-4,7,13-14H,2,5-6H2,1H3. The molecule has 14 heavy (non-hydrogen) atoms. The van der Waals surface area contributed by atoms with Crippen molar-refractivity contribution in [3.8, 4) is 5.75 Å². The molecule has 0 saturated carbocycles. The number of phenolic OH excluding ortho intramolecular Hbond substituents is 1. The third-order valence-corrected chi connectivity index (χ3v) is 3.60. The summed E-state index contributed by atoms with van der Waals surface area (Å²) >= 11 is 3.52. The second-order valence-corrected chi connectivity index (χ2v) is 4.88. The summed E-state index contributed by atoms with van der Waals surface area (Å²) < 4.78 is 1.06. The predicted molar refractivity (Wildman–Crippen MR) is 60.4 cm³/mol. The lowest BCUT2D eigenvalue weighted by Crippen LogP contribution is -2.33. The molecule has 1 heterocycles. The van der Waals surface area contributed by atoms with Crippen molar-refractivity contribution in [2.75, 3.05) is 6.54 Å². The summed E-state index contributed by atoms with van der Waals surface area (Å²) in [6.45, 7) is 3.23. The minimum absolute atomic E-state index is 0.0115. The highest BCUT2D eigenvalue weighted by Crippen LogP contribution is 2.36. The molecule has 1 fully saturated rings. The van der Waals surface area contributed by atoms with E-state index in [4.69, 9.17) is 0 Å². The van der Waals surface area contributed by atoms with Crippen LogP contribution in [0.5, 0.6) is 5.75 Å². The highest BCUT2D eigenvalue weighted by molar-refractivity contribution is 9.10. The van der Waals surface area contributed by atoms with Crippen LogP contribution in [0.1, 0.15) is 25.3 Å². The largest absolute Gasteiger partial charge is 0.508 e. The molecule has 0 amide bonds.